The Bertz CT molecular complexity index is 1570. The maximum absolute atomic E-state index is 13.8. The van der Waals surface area contributed by atoms with Gasteiger partial charge in [0.2, 0.25) is 11.8 Å². The maximum atomic E-state index is 13.8. The number of carboxylic acids is 1. The van der Waals surface area contributed by atoms with Crippen LogP contribution in [0.15, 0.2) is 72.4 Å². The van der Waals surface area contributed by atoms with E-state index in [1.54, 1.807) is 28.3 Å². The molecule has 4 heterocycles. The molecule has 2 fully saturated rings. The summed E-state index contributed by atoms with van der Waals surface area (Å²) in [5.41, 5.74) is 4.17. The predicted octanol–water partition coefficient (Wildman–Crippen LogP) is 5.22. The number of hydrogen-bond donors (Lipinski definition) is 1. The van der Waals surface area contributed by atoms with Gasteiger partial charge < -0.3 is 5.11 Å². The summed E-state index contributed by atoms with van der Waals surface area (Å²) in [7, 11) is 0. The van der Waals surface area contributed by atoms with E-state index in [0.717, 1.165) is 41.6 Å². The molecule has 9 nitrogen and oxygen atoms in total. The van der Waals surface area contributed by atoms with Gasteiger partial charge in [0, 0.05) is 60.0 Å². The molecule has 41 heavy (non-hydrogen) atoms. The number of amides is 2. The first-order valence-corrected chi connectivity index (χ1v) is 14.6. The second-order valence-corrected chi connectivity index (χ2v) is 11.2. The fourth-order valence-corrected chi connectivity index (χ4v) is 6.14. The van der Waals surface area contributed by atoms with E-state index in [1.807, 2.05) is 53.9 Å². The van der Waals surface area contributed by atoms with Crippen molar-refractivity contribution < 1.29 is 19.5 Å². The lowest BCUT2D eigenvalue weighted by molar-refractivity contribution is -0.140. The van der Waals surface area contributed by atoms with Crippen molar-refractivity contribution >= 4 is 40.1 Å². The highest BCUT2D eigenvalue weighted by Crippen LogP contribution is 2.39. The van der Waals surface area contributed by atoms with Crippen LogP contribution in [0.2, 0.25) is 0 Å². The molecule has 3 aromatic heterocycles. The Kier molecular flexibility index (Phi) is 7.56. The largest absolute Gasteiger partial charge is 0.481 e. The molecule has 1 atom stereocenters. The van der Waals surface area contributed by atoms with E-state index in [9.17, 15) is 19.5 Å². The molecule has 10 heteroatoms. The first-order valence-electron chi connectivity index (χ1n) is 13.7. The highest BCUT2D eigenvalue weighted by Gasteiger charge is 2.39. The van der Waals surface area contributed by atoms with Crippen molar-refractivity contribution in [3.63, 3.8) is 0 Å². The van der Waals surface area contributed by atoms with Crippen molar-refractivity contribution in [3.05, 3.63) is 78.1 Å². The zero-order valence-electron chi connectivity index (χ0n) is 22.3. The van der Waals surface area contributed by atoms with Gasteiger partial charge in [0.1, 0.15) is 5.82 Å². The third-order valence-corrected chi connectivity index (χ3v) is 8.25. The number of thiazole rings is 1. The molecule has 0 radical (unpaired) electrons. The number of nitrogens with zero attached hydrogens (tertiary/aromatic N) is 5. The Morgan fingerprint density at radius 2 is 1.85 bits per heavy atom. The minimum atomic E-state index is -1.02. The highest BCUT2D eigenvalue weighted by atomic mass is 32.1. The third kappa shape index (κ3) is 5.88. The van der Waals surface area contributed by atoms with Crippen LogP contribution in [0, 0.1) is 5.92 Å². The molecule has 2 aliphatic rings. The molecule has 0 bridgehead atoms. The third-order valence-electron chi connectivity index (χ3n) is 7.41. The number of carboxylic acid groups (broad SMARTS) is 1. The first kappa shape index (κ1) is 26.8. The van der Waals surface area contributed by atoms with Gasteiger partial charge in [-0.1, -0.05) is 30.3 Å². The van der Waals surface area contributed by atoms with E-state index in [2.05, 4.69) is 9.97 Å². The zero-order valence-corrected chi connectivity index (χ0v) is 23.2. The van der Waals surface area contributed by atoms with Crippen LogP contribution >= 0.6 is 11.3 Å². The standard InChI is InChI=1S/C31H29N5O4S/c37-28-9-5-15-35(28)27-13-10-20(18-33-27)24-7-1-2-8-25(24)26-19-41-31(34-26)36(23-11-12-23)30(40)21(17-29(38)39)16-22-6-3-4-14-32-22/h1-4,6-8,10,13-14,18-19,21,23H,5,9,11-12,15-17H2,(H,38,39)/t21-/m1/s1. The summed E-state index contributed by atoms with van der Waals surface area (Å²) in [4.78, 5) is 54.9. The molecule has 4 aromatic rings. The summed E-state index contributed by atoms with van der Waals surface area (Å²) in [6.07, 6.45) is 6.53. The fourth-order valence-electron chi connectivity index (χ4n) is 5.24. The molecule has 1 saturated carbocycles. The summed E-state index contributed by atoms with van der Waals surface area (Å²) in [6.45, 7) is 0.689. The highest BCUT2D eigenvalue weighted by molar-refractivity contribution is 7.14. The lowest BCUT2D eigenvalue weighted by Crippen LogP contribution is -2.39. The van der Waals surface area contributed by atoms with E-state index in [-0.39, 0.29) is 30.7 Å². The second-order valence-electron chi connectivity index (χ2n) is 10.4. The van der Waals surface area contributed by atoms with E-state index >= 15 is 0 Å². The number of carbonyl (C=O) groups excluding carboxylic acids is 2. The van der Waals surface area contributed by atoms with Crippen molar-refractivity contribution in [2.45, 2.75) is 44.6 Å². The van der Waals surface area contributed by atoms with Gasteiger partial charge in [-0.2, -0.15) is 0 Å². The summed E-state index contributed by atoms with van der Waals surface area (Å²) < 4.78 is 0. The maximum Gasteiger partial charge on any atom is 0.304 e. The van der Waals surface area contributed by atoms with Gasteiger partial charge in [0.05, 0.1) is 18.0 Å². The van der Waals surface area contributed by atoms with Crippen LogP contribution in [-0.4, -0.2) is 50.4 Å². The Labute approximate surface area is 241 Å². The number of benzene rings is 1. The molecular weight excluding hydrogens is 538 g/mol. The predicted molar refractivity (Wildman–Crippen MR) is 157 cm³/mol. The normalized spacial score (nSPS) is 15.6. The van der Waals surface area contributed by atoms with Crippen LogP contribution in [0.4, 0.5) is 10.9 Å². The molecule has 2 amide bonds. The number of aromatic nitrogens is 3. The molecule has 6 rings (SSSR count). The summed E-state index contributed by atoms with van der Waals surface area (Å²) in [6, 6.07) is 17.2. The number of pyridine rings is 2. The number of hydrogen-bond acceptors (Lipinski definition) is 7. The van der Waals surface area contributed by atoms with E-state index in [4.69, 9.17) is 4.98 Å². The fraction of sp³-hybridized carbons (Fsp3) is 0.290. The summed E-state index contributed by atoms with van der Waals surface area (Å²) >= 11 is 1.39. The van der Waals surface area contributed by atoms with Gasteiger partial charge in [-0.25, -0.2) is 9.97 Å². The van der Waals surface area contributed by atoms with Crippen LogP contribution in [0.3, 0.4) is 0 Å². The minimum Gasteiger partial charge on any atom is -0.481 e. The second kappa shape index (κ2) is 11.6. The Morgan fingerprint density at radius 3 is 2.51 bits per heavy atom. The van der Waals surface area contributed by atoms with Crippen LogP contribution in [0.1, 0.15) is 37.8 Å². The van der Waals surface area contributed by atoms with Gasteiger partial charge in [-0.15, -0.1) is 11.3 Å². The van der Waals surface area contributed by atoms with Crippen LogP contribution < -0.4 is 9.80 Å². The summed E-state index contributed by atoms with van der Waals surface area (Å²) in [5.74, 6) is -1.23. The van der Waals surface area contributed by atoms with Crippen molar-refractivity contribution in [1.82, 2.24) is 15.0 Å². The van der Waals surface area contributed by atoms with Gasteiger partial charge >= 0.3 is 5.97 Å². The van der Waals surface area contributed by atoms with E-state index < -0.39 is 11.9 Å². The van der Waals surface area contributed by atoms with Gasteiger partial charge in [0.25, 0.3) is 0 Å². The lowest BCUT2D eigenvalue weighted by atomic mass is 9.97. The van der Waals surface area contributed by atoms with E-state index in [0.29, 0.717) is 29.6 Å². The average Bonchev–Trinajstić information content (AvgIpc) is 3.53. The molecule has 208 valence electrons. The van der Waals surface area contributed by atoms with Crippen LogP contribution in [0.25, 0.3) is 22.4 Å². The molecule has 1 aliphatic carbocycles. The molecule has 1 N–H and O–H groups in total. The van der Waals surface area contributed by atoms with Crippen molar-refractivity contribution in [2.24, 2.45) is 5.92 Å². The van der Waals surface area contributed by atoms with Crippen LogP contribution in [0.5, 0.6) is 0 Å². The molecule has 0 spiro atoms. The Morgan fingerprint density at radius 1 is 1.05 bits per heavy atom. The molecule has 1 saturated heterocycles. The van der Waals surface area contributed by atoms with Crippen molar-refractivity contribution in [3.8, 4) is 22.4 Å². The summed E-state index contributed by atoms with van der Waals surface area (Å²) in [5, 5.41) is 12.1. The number of anilines is 2. The zero-order chi connectivity index (χ0) is 28.3. The number of aliphatic carboxylic acids is 1. The SMILES string of the molecule is O=C(O)C[C@@H](Cc1ccccn1)C(=O)N(c1nc(-c2ccccc2-c2ccc(N3CCCC3=O)nc2)cs1)C1CC1. The van der Waals surface area contributed by atoms with Gasteiger partial charge in [-0.05, 0) is 49.1 Å². The quantitative estimate of drug-likeness (QED) is 0.279. The topological polar surface area (TPSA) is 117 Å². The Hall–Kier alpha value is -4.44. The van der Waals surface area contributed by atoms with Gasteiger partial charge in [-0.3, -0.25) is 29.2 Å². The Balaban J connectivity index is 1.28. The molecule has 0 unspecified atom stereocenters. The molecular formula is C31H29N5O4S. The van der Waals surface area contributed by atoms with Crippen molar-refractivity contribution in [1.29, 1.82) is 0 Å². The van der Waals surface area contributed by atoms with Gasteiger partial charge in [0.15, 0.2) is 5.13 Å². The first-order chi connectivity index (χ1) is 20.0. The molecule has 1 aliphatic heterocycles. The lowest BCUT2D eigenvalue weighted by Gasteiger charge is -2.24. The van der Waals surface area contributed by atoms with Crippen molar-refractivity contribution in [2.75, 3.05) is 16.3 Å². The minimum absolute atomic E-state index is 0.0156. The smallest absolute Gasteiger partial charge is 0.304 e. The number of rotatable bonds is 10. The van der Waals surface area contributed by atoms with Crippen LogP contribution in [-0.2, 0) is 20.8 Å². The monoisotopic (exact) mass is 567 g/mol. The number of carbonyl (C=O) groups is 3. The average molecular weight is 568 g/mol. The van der Waals surface area contributed by atoms with E-state index in [1.165, 1.54) is 11.3 Å². The molecule has 1 aromatic carbocycles.